The third-order valence-electron chi connectivity index (χ3n) is 2.29. The number of rotatable bonds is 3. The average molecular weight is 370 g/mol. The summed E-state index contributed by atoms with van der Waals surface area (Å²) in [5.74, 6) is 0.220. The number of methoxy groups -OCH3 is 1. The monoisotopic (exact) mass is 370 g/mol. The number of hydrogen-bond acceptors (Lipinski definition) is 5. The molecule has 0 aliphatic carbocycles. The summed E-state index contributed by atoms with van der Waals surface area (Å²) in [6.07, 6.45) is 1.43. The number of aromatic nitrogens is 1. The highest BCUT2D eigenvalue weighted by molar-refractivity contribution is 14.1. The number of carbonyl (C=O) groups excluding carboxylic acids is 1. The smallest absolute Gasteiger partial charge is 0.343 e. The van der Waals surface area contributed by atoms with Crippen LogP contribution in [0.3, 0.4) is 0 Å². The van der Waals surface area contributed by atoms with Gasteiger partial charge in [0.25, 0.3) is 0 Å². The Labute approximate surface area is 123 Å². The van der Waals surface area contributed by atoms with E-state index in [1.165, 1.54) is 19.4 Å². The molecular formula is C13H11IN2O3. The summed E-state index contributed by atoms with van der Waals surface area (Å²) < 4.78 is 11.3. The van der Waals surface area contributed by atoms with Crippen molar-refractivity contribution >= 4 is 34.2 Å². The van der Waals surface area contributed by atoms with Gasteiger partial charge < -0.3 is 15.2 Å². The van der Waals surface area contributed by atoms with Crippen LogP contribution in [0.4, 0.5) is 5.69 Å². The number of benzene rings is 1. The van der Waals surface area contributed by atoms with Gasteiger partial charge in [0.1, 0.15) is 11.3 Å². The number of nitrogens with zero attached hydrogens (tertiary/aromatic N) is 1. The molecule has 1 aromatic carbocycles. The zero-order valence-corrected chi connectivity index (χ0v) is 12.2. The SMILES string of the molecule is COC(=O)c1cc(N)cnc1Oc1cccc(I)c1. The van der Waals surface area contributed by atoms with Gasteiger partial charge in [-0.15, -0.1) is 0 Å². The van der Waals surface area contributed by atoms with E-state index in [1.807, 2.05) is 18.2 Å². The fourth-order valence-electron chi connectivity index (χ4n) is 1.45. The zero-order valence-electron chi connectivity index (χ0n) is 10.1. The molecule has 0 radical (unpaired) electrons. The second kappa shape index (κ2) is 5.87. The number of esters is 1. The standard InChI is InChI=1S/C13H11IN2O3/c1-18-13(17)11-6-9(15)7-16-12(11)19-10-4-2-3-8(14)5-10/h2-7H,15H2,1H3. The maximum atomic E-state index is 11.6. The first-order chi connectivity index (χ1) is 9.10. The van der Waals surface area contributed by atoms with Crippen LogP contribution in [-0.2, 0) is 4.74 Å². The third-order valence-corrected chi connectivity index (χ3v) is 2.96. The van der Waals surface area contributed by atoms with Crippen molar-refractivity contribution in [2.75, 3.05) is 12.8 Å². The molecule has 0 aliphatic rings. The van der Waals surface area contributed by atoms with E-state index in [9.17, 15) is 4.79 Å². The normalized spacial score (nSPS) is 10.0. The van der Waals surface area contributed by atoms with Gasteiger partial charge in [-0.05, 0) is 46.9 Å². The van der Waals surface area contributed by atoms with Crippen LogP contribution in [0.15, 0.2) is 36.5 Å². The van der Waals surface area contributed by atoms with E-state index in [0.717, 1.165) is 3.57 Å². The molecular weight excluding hydrogens is 359 g/mol. The van der Waals surface area contributed by atoms with Gasteiger partial charge in [0.05, 0.1) is 19.0 Å². The maximum absolute atomic E-state index is 11.6. The van der Waals surface area contributed by atoms with Gasteiger partial charge in [0.2, 0.25) is 5.88 Å². The number of halogens is 1. The lowest BCUT2D eigenvalue weighted by Crippen LogP contribution is -2.06. The van der Waals surface area contributed by atoms with E-state index in [4.69, 9.17) is 10.5 Å². The molecule has 98 valence electrons. The van der Waals surface area contributed by atoms with E-state index < -0.39 is 5.97 Å². The molecule has 2 aromatic rings. The lowest BCUT2D eigenvalue weighted by atomic mass is 10.2. The van der Waals surface area contributed by atoms with E-state index >= 15 is 0 Å². The fourth-order valence-corrected chi connectivity index (χ4v) is 1.96. The molecule has 0 unspecified atom stereocenters. The van der Waals surface area contributed by atoms with Crippen LogP contribution in [0.25, 0.3) is 0 Å². The molecule has 0 bridgehead atoms. The molecule has 0 saturated carbocycles. The van der Waals surface area contributed by atoms with Gasteiger partial charge in [0, 0.05) is 3.57 Å². The summed E-state index contributed by atoms with van der Waals surface area (Å²) in [5, 5.41) is 0. The minimum absolute atomic E-state index is 0.169. The van der Waals surface area contributed by atoms with Crippen LogP contribution in [0.2, 0.25) is 0 Å². The summed E-state index contributed by atoms with van der Waals surface area (Å²) in [5.41, 5.74) is 6.18. The third kappa shape index (κ3) is 3.34. The molecule has 0 fully saturated rings. The summed E-state index contributed by atoms with van der Waals surface area (Å²) in [7, 11) is 1.29. The Morgan fingerprint density at radius 3 is 2.84 bits per heavy atom. The quantitative estimate of drug-likeness (QED) is 0.665. The Bertz CT molecular complexity index is 617. The number of hydrogen-bond donors (Lipinski definition) is 1. The molecule has 0 aliphatic heterocycles. The molecule has 0 saturated heterocycles. The fraction of sp³-hybridized carbons (Fsp3) is 0.0769. The first kappa shape index (κ1) is 13.6. The van der Waals surface area contributed by atoms with Crippen LogP contribution in [0.5, 0.6) is 11.6 Å². The van der Waals surface area contributed by atoms with Gasteiger partial charge >= 0.3 is 5.97 Å². The summed E-state index contributed by atoms with van der Waals surface area (Å²) in [6, 6.07) is 8.88. The molecule has 5 nitrogen and oxygen atoms in total. The minimum Gasteiger partial charge on any atom is -0.465 e. The van der Waals surface area contributed by atoms with Crippen molar-refractivity contribution in [1.82, 2.24) is 4.98 Å². The molecule has 2 rings (SSSR count). The zero-order chi connectivity index (χ0) is 13.8. The summed E-state index contributed by atoms with van der Waals surface area (Å²) >= 11 is 2.17. The topological polar surface area (TPSA) is 74.4 Å². The Morgan fingerprint density at radius 1 is 1.37 bits per heavy atom. The highest BCUT2D eigenvalue weighted by Gasteiger charge is 2.16. The Balaban J connectivity index is 2.37. The van der Waals surface area contributed by atoms with Crippen LogP contribution in [-0.4, -0.2) is 18.1 Å². The first-order valence-electron chi connectivity index (χ1n) is 5.37. The van der Waals surface area contributed by atoms with Crippen molar-refractivity contribution in [2.24, 2.45) is 0 Å². The lowest BCUT2D eigenvalue weighted by molar-refractivity contribution is 0.0597. The van der Waals surface area contributed by atoms with Crippen LogP contribution in [0.1, 0.15) is 10.4 Å². The molecule has 0 atom stereocenters. The van der Waals surface area contributed by atoms with Gasteiger partial charge in [0.15, 0.2) is 0 Å². The number of nitrogen functional groups attached to an aromatic ring is 1. The maximum Gasteiger partial charge on any atom is 0.343 e. The highest BCUT2D eigenvalue weighted by atomic mass is 127. The van der Waals surface area contributed by atoms with E-state index in [0.29, 0.717) is 11.4 Å². The van der Waals surface area contributed by atoms with Crippen molar-refractivity contribution < 1.29 is 14.3 Å². The molecule has 1 aromatic heterocycles. The van der Waals surface area contributed by atoms with Gasteiger partial charge in [-0.25, -0.2) is 9.78 Å². The summed E-state index contributed by atoms with van der Waals surface area (Å²) in [4.78, 5) is 15.7. The molecule has 1 heterocycles. The van der Waals surface area contributed by atoms with Gasteiger partial charge in [-0.2, -0.15) is 0 Å². The van der Waals surface area contributed by atoms with Crippen molar-refractivity contribution in [1.29, 1.82) is 0 Å². The van der Waals surface area contributed by atoms with Crippen molar-refractivity contribution in [3.8, 4) is 11.6 Å². The minimum atomic E-state index is -0.541. The Morgan fingerprint density at radius 2 is 2.16 bits per heavy atom. The molecule has 0 amide bonds. The second-order valence-electron chi connectivity index (χ2n) is 3.67. The van der Waals surface area contributed by atoms with Crippen LogP contribution in [0, 0.1) is 3.57 Å². The van der Waals surface area contributed by atoms with E-state index in [1.54, 1.807) is 6.07 Å². The number of ether oxygens (including phenoxy) is 2. The Kier molecular flexibility index (Phi) is 4.20. The average Bonchev–Trinajstić information content (AvgIpc) is 2.40. The van der Waals surface area contributed by atoms with Crippen molar-refractivity contribution in [3.05, 3.63) is 45.7 Å². The largest absolute Gasteiger partial charge is 0.465 e. The van der Waals surface area contributed by atoms with Crippen LogP contribution >= 0.6 is 22.6 Å². The second-order valence-corrected chi connectivity index (χ2v) is 4.92. The number of carbonyl (C=O) groups is 1. The Hall–Kier alpha value is -1.83. The van der Waals surface area contributed by atoms with Gasteiger partial charge in [-0.3, -0.25) is 0 Å². The highest BCUT2D eigenvalue weighted by Crippen LogP contribution is 2.26. The molecule has 6 heteroatoms. The predicted molar refractivity (Wildman–Crippen MR) is 79.2 cm³/mol. The number of pyridine rings is 1. The molecule has 2 N–H and O–H groups in total. The lowest BCUT2D eigenvalue weighted by Gasteiger charge is -2.09. The first-order valence-corrected chi connectivity index (χ1v) is 6.45. The number of anilines is 1. The molecule has 19 heavy (non-hydrogen) atoms. The van der Waals surface area contributed by atoms with E-state index in [2.05, 4.69) is 32.3 Å². The van der Waals surface area contributed by atoms with Crippen molar-refractivity contribution in [3.63, 3.8) is 0 Å². The van der Waals surface area contributed by atoms with Crippen molar-refractivity contribution in [2.45, 2.75) is 0 Å². The van der Waals surface area contributed by atoms with E-state index in [-0.39, 0.29) is 11.4 Å². The molecule has 0 spiro atoms. The summed E-state index contributed by atoms with van der Waals surface area (Å²) in [6.45, 7) is 0. The number of nitrogens with two attached hydrogens (primary N) is 1. The van der Waals surface area contributed by atoms with Crippen LogP contribution < -0.4 is 10.5 Å². The van der Waals surface area contributed by atoms with Gasteiger partial charge in [-0.1, -0.05) is 6.07 Å². The predicted octanol–water partition coefficient (Wildman–Crippen LogP) is 2.85.